The van der Waals surface area contributed by atoms with Gasteiger partial charge in [-0.05, 0) is 18.4 Å². The molecule has 1 aromatic carbocycles. The van der Waals surface area contributed by atoms with E-state index in [9.17, 15) is 4.80 Å². The van der Waals surface area contributed by atoms with Gasteiger partial charge in [0.05, 0.1) is 0 Å². The summed E-state index contributed by atoms with van der Waals surface area (Å²) in [6.45, 7) is 2.11. The van der Waals surface area contributed by atoms with E-state index >= 15 is 0 Å². The van der Waals surface area contributed by atoms with Crippen LogP contribution in [0.4, 0.5) is 0 Å². The fraction of sp³-hybridized carbons (Fsp3) is 0.273. The SMILES string of the molecule is CCC=C(Cc1ccccc1)[SiH2]O. The third kappa shape index (κ3) is 3.57. The Kier molecular flexibility index (Phi) is 4.50. The molecule has 0 saturated heterocycles. The van der Waals surface area contributed by atoms with Crippen molar-refractivity contribution in [2.75, 3.05) is 0 Å². The molecule has 0 fully saturated rings. The fourth-order valence-electron chi connectivity index (χ4n) is 1.34. The zero-order chi connectivity index (χ0) is 9.52. The number of benzene rings is 1. The molecule has 0 radical (unpaired) electrons. The predicted molar refractivity (Wildman–Crippen MR) is 59.3 cm³/mol. The van der Waals surface area contributed by atoms with E-state index in [4.69, 9.17) is 0 Å². The molecule has 13 heavy (non-hydrogen) atoms. The molecule has 2 heteroatoms. The van der Waals surface area contributed by atoms with Crippen LogP contribution in [0.2, 0.25) is 0 Å². The molecule has 0 saturated carbocycles. The molecule has 1 aromatic rings. The Hall–Kier alpha value is -0.863. The van der Waals surface area contributed by atoms with Crippen LogP contribution in [0.5, 0.6) is 0 Å². The minimum absolute atomic E-state index is 0.928. The van der Waals surface area contributed by atoms with Crippen molar-refractivity contribution in [3.8, 4) is 0 Å². The number of hydrogen-bond donors (Lipinski definition) is 1. The molecule has 1 nitrogen and oxygen atoms in total. The van der Waals surface area contributed by atoms with Crippen molar-refractivity contribution >= 4 is 9.76 Å². The van der Waals surface area contributed by atoms with E-state index in [-0.39, 0.29) is 0 Å². The summed E-state index contributed by atoms with van der Waals surface area (Å²) in [5.41, 5.74) is 1.30. The average Bonchev–Trinajstić information content (AvgIpc) is 2.19. The van der Waals surface area contributed by atoms with Gasteiger partial charge in [0, 0.05) is 0 Å². The molecule has 0 aliphatic rings. The van der Waals surface area contributed by atoms with Crippen LogP contribution in [-0.4, -0.2) is 14.6 Å². The lowest BCUT2D eigenvalue weighted by molar-refractivity contribution is 0.608. The molecule has 1 N–H and O–H groups in total. The third-order valence-electron chi connectivity index (χ3n) is 1.97. The smallest absolute Gasteiger partial charge is 0.183 e. The maximum atomic E-state index is 9.19. The average molecular weight is 192 g/mol. The molecule has 0 aliphatic heterocycles. The molecule has 1 rings (SSSR count). The van der Waals surface area contributed by atoms with Crippen molar-refractivity contribution in [3.63, 3.8) is 0 Å². The Morgan fingerprint density at radius 3 is 2.62 bits per heavy atom. The van der Waals surface area contributed by atoms with Gasteiger partial charge in [0.15, 0.2) is 9.76 Å². The molecule has 0 aromatic heterocycles. The van der Waals surface area contributed by atoms with Crippen molar-refractivity contribution in [2.24, 2.45) is 0 Å². The molecule has 70 valence electrons. The highest BCUT2D eigenvalue weighted by atomic mass is 28.2. The van der Waals surface area contributed by atoms with Gasteiger partial charge in [-0.15, -0.1) is 0 Å². The minimum atomic E-state index is -0.966. The molecule has 0 atom stereocenters. The molecule has 0 bridgehead atoms. The van der Waals surface area contributed by atoms with E-state index in [1.165, 1.54) is 10.8 Å². The molecule has 0 heterocycles. The van der Waals surface area contributed by atoms with Crippen LogP contribution < -0.4 is 0 Å². The quantitative estimate of drug-likeness (QED) is 0.718. The fourth-order valence-corrected chi connectivity index (χ4v) is 2.16. The van der Waals surface area contributed by atoms with Gasteiger partial charge >= 0.3 is 0 Å². The van der Waals surface area contributed by atoms with E-state index in [1.54, 1.807) is 0 Å². The summed E-state index contributed by atoms with van der Waals surface area (Å²) in [7, 11) is -0.966. The highest BCUT2D eigenvalue weighted by molar-refractivity contribution is 6.36. The van der Waals surface area contributed by atoms with Crippen molar-refractivity contribution in [1.82, 2.24) is 0 Å². The zero-order valence-corrected chi connectivity index (χ0v) is 9.45. The first-order valence-electron chi connectivity index (χ1n) is 4.69. The monoisotopic (exact) mass is 192 g/mol. The molecule has 0 aliphatic carbocycles. The summed E-state index contributed by atoms with van der Waals surface area (Å²) in [6, 6.07) is 10.3. The number of rotatable bonds is 4. The Morgan fingerprint density at radius 1 is 1.38 bits per heavy atom. The predicted octanol–water partition coefficient (Wildman–Crippen LogP) is 1.60. The Labute approximate surface area is 82.1 Å². The summed E-state index contributed by atoms with van der Waals surface area (Å²) >= 11 is 0. The van der Waals surface area contributed by atoms with E-state index in [2.05, 4.69) is 25.1 Å². The van der Waals surface area contributed by atoms with Crippen LogP contribution in [0.15, 0.2) is 41.6 Å². The van der Waals surface area contributed by atoms with Gasteiger partial charge in [0.2, 0.25) is 0 Å². The molecular formula is C11H16OSi. The Morgan fingerprint density at radius 2 is 2.08 bits per heavy atom. The largest absolute Gasteiger partial charge is 0.434 e. The molecular weight excluding hydrogens is 176 g/mol. The van der Waals surface area contributed by atoms with Crippen LogP contribution >= 0.6 is 0 Å². The van der Waals surface area contributed by atoms with E-state index < -0.39 is 9.76 Å². The van der Waals surface area contributed by atoms with Crippen LogP contribution in [0.25, 0.3) is 0 Å². The van der Waals surface area contributed by atoms with Gasteiger partial charge in [-0.25, -0.2) is 0 Å². The summed E-state index contributed by atoms with van der Waals surface area (Å²) < 4.78 is 0. The lowest BCUT2D eigenvalue weighted by Gasteiger charge is -2.02. The number of hydrogen-bond acceptors (Lipinski definition) is 1. The maximum absolute atomic E-state index is 9.19. The highest BCUT2D eigenvalue weighted by Gasteiger charge is 1.97. The number of allylic oxidation sites excluding steroid dienone is 2. The van der Waals surface area contributed by atoms with Gasteiger partial charge in [-0.2, -0.15) is 0 Å². The second-order valence-corrected chi connectivity index (χ2v) is 4.32. The van der Waals surface area contributed by atoms with Crippen molar-refractivity contribution in [3.05, 3.63) is 47.2 Å². The first-order chi connectivity index (χ1) is 6.36. The summed E-state index contributed by atoms with van der Waals surface area (Å²) in [6.07, 6.45) is 4.10. The lowest BCUT2D eigenvalue weighted by Crippen LogP contribution is -1.99. The standard InChI is InChI=1S/C11H16OSi/c1-2-6-11(13-12)9-10-7-4-3-5-8-10/h3-8,12H,2,9,13H2,1H3. The zero-order valence-electron chi connectivity index (χ0n) is 8.03. The van der Waals surface area contributed by atoms with E-state index in [1.807, 2.05) is 18.2 Å². The van der Waals surface area contributed by atoms with Crippen LogP contribution in [0, 0.1) is 0 Å². The summed E-state index contributed by atoms with van der Waals surface area (Å²) in [5, 5.41) is 1.24. The van der Waals surface area contributed by atoms with Crippen molar-refractivity contribution in [2.45, 2.75) is 19.8 Å². The van der Waals surface area contributed by atoms with Crippen molar-refractivity contribution < 1.29 is 4.80 Å². The van der Waals surface area contributed by atoms with E-state index in [0.29, 0.717) is 0 Å². The first-order valence-corrected chi connectivity index (χ1v) is 6.03. The molecule has 0 unspecified atom stereocenters. The van der Waals surface area contributed by atoms with Crippen LogP contribution in [0.3, 0.4) is 0 Å². The topological polar surface area (TPSA) is 20.2 Å². The maximum Gasteiger partial charge on any atom is 0.183 e. The van der Waals surface area contributed by atoms with Crippen LogP contribution in [0.1, 0.15) is 18.9 Å². The minimum Gasteiger partial charge on any atom is -0.434 e. The third-order valence-corrected chi connectivity index (χ3v) is 2.91. The van der Waals surface area contributed by atoms with Gasteiger partial charge in [-0.3, -0.25) is 0 Å². The first kappa shape index (κ1) is 10.2. The highest BCUT2D eigenvalue weighted by Crippen LogP contribution is 2.06. The normalized spacial score (nSPS) is 12.6. The Balaban J connectivity index is 2.62. The van der Waals surface area contributed by atoms with Gasteiger partial charge < -0.3 is 4.80 Å². The van der Waals surface area contributed by atoms with Gasteiger partial charge in [0.25, 0.3) is 0 Å². The van der Waals surface area contributed by atoms with Gasteiger partial charge in [-0.1, -0.05) is 48.5 Å². The van der Waals surface area contributed by atoms with Gasteiger partial charge in [0.1, 0.15) is 0 Å². The molecule has 0 amide bonds. The molecule has 0 spiro atoms. The lowest BCUT2D eigenvalue weighted by atomic mass is 10.1. The Bertz CT molecular complexity index is 267. The second-order valence-electron chi connectivity index (χ2n) is 3.09. The van der Waals surface area contributed by atoms with Crippen molar-refractivity contribution in [1.29, 1.82) is 0 Å². The van der Waals surface area contributed by atoms with Crippen LogP contribution in [-0.2, 0) is 6.42 Å². The van der Waals surface area contributed by atoms with E-state index in [0.717, 1.165) is 12.8 Å². The second kappa shape index (κ2) is 5.73. The summed E-state index contributed by atoms with van der Waals surface area (Å²) in [5.74, 6) is 0. The summed E-state index contributed by atoms with van der Waals surface area (Å²) in [4.78, 5) is 9.19.